The van der Waals surface area contributed by atoms with Crippen LogP contribution < -0.4 is 10.5 Å². The van der Waals surface area contributed by atoms with Crippen molar-refractivity contribution in [1.29, 1.82) is 0 Å². The average molecular weight is 267 g/mol. The minimum absolute atomic E-state index is 0.173. The molecule has 0 radical (unpaired) electrons. The van der Waals surface area contributed by atoms with Gasteiger partial charge in [-0.25, -0.2) is 0 Å². The normalized spacial score (nSPS) is 23.4. The predicted molar refractivity (Wildman–Crippen MR) is 81.7 cm³/mol. The summed E-state index contributed by atoms with van der Waals surface area (Å²) in [6, 6.07) is 18.7. The van der Waals surface area contributed by atoms with E-state index in [1.807, 2.05) is 30.3 Å². The van der Waals surface area contributed by atoms with Gasteiger partial charge >= 0.3 is 0 Å². The van der Waals surface area contributed by atoms with E-state index in [-0.39, 0.29) is 11.5 Å². The van der Waals surface area contributed by atoms with Crippen LogP contribution >= 0.6 is 0 Å². The average Bonchev–Trinajstić information content (AvgIpc) is 2.96. The van der Waals surface area contributed by atoms with Gasteiger partial charge in [-0.05, 0) is 22.6 Å². The molecule has 2 nitrogen and oxygen atoms in total. The monoisotopic (exact) mass is 267 g/mol. The Kier molecular flexibility index (Phi) is 3.27. The molecule has 1 aliphatic rings. The fraction of sp³-hybridized carbons (Fsp3) is 0.333. The first-order valence-corrected chi connectivity index (χ1v) is 7.12. The van der Waals surface area contributed by atoms with E-state index >= 15 is 0 Å². The molecule has 0 aromatic heterocycles. The van der Waals surface area contributed by atoms with E-state index in [4.69, 9.17) is 10.5 Å². The minimum atomic E-state index is 0.173. The summed E-state index contributed by atoms with van der Waals surface area (Å²) in [4.78, 5) is 0. The molecule has 0 bridgehead atoms. The molecule has 20 heavy (non-hydrogen) atoms. The Morgan fingerprint density at radius 3 is 2.25 bits per heavy atom. The highest BCUT2D eigenvalue weighted by atomic mass is 16.5. The third kappa shape index (κ3) is 2.32. The van der Waals surface area contributed by atoms with Crippen molar-refractivity contribution in [2.45, 2.75) is 32.4 Å². The van der Waals surface area contributed by atoms with Crippen molar-refractivity contribution in [2.24, 2.45) is 11.1 Å². The molecule has 0 amide bonds. The maximum absolute atomic E-state index is 6.20. The first-order valence-electron chi connectivity index (χ1n) is 7.12. The number of rotatable bonds is 4. The molecule has 0 saturated heterocycles. The topological polar surface area (TPSA) is 35.2 Å². The minimum Gasteiger partial charge on any atom is -0.489 e. The van der Waals surface area contributed by atoms with Crippen LogP contribution in [0.25, 0.3) is 0 Å². The molecular weight excluding hydrogens is 246 g/mol. The number of benzene rings is 2. The Labute approximate surface area is 120 Å². The van der Waals surface area contributed by atoms with Gasteiger partial charge in [0.1, 0.15) is 12.4 Å². The summed E-state index contributed by atoms with van der Waals surface area (Å²) in [7, 11) is 0. The van der Waals surface area contributed by atoms with Gasteiger partial charge in [-0.1, -0.05) is 62.4 Å². The standard InChI is InChI=1S/C18H21NO/c1-18(2)16(17(18)19)14-10-6-7-11-15(14)20-12-13-8-4-3-5-9-13/h3-11,16-17H,12,19H2,1-2H3/t16-,17-/m1/s1. The Morgan fingerprint density at radius 1 is 1.00 bits per heavy atom. The third-order valence-corrected chi connectivity index (χ3v) is 4.40. The zero-order valence-electron chi connectivity index (χ0n) is 12.0. The number of nitrogens with two attached hydrogens (primary N) is 1. The highest BCUT2D eigenvalue weighted by molar-refractivity contribution is 5.44. The molecule has 2 aromatic carbocycles. The number of ether oxygens (including phenoxy) is 1. The van der Waals surface area contributed by atoms with Crippen LogP contribution in [0, 0.1) is 5.41 Å². The van der Waals surface area contributed by atoms with Crippen LogP contribution in [-0.4, -0.2) is 6.04 Å². The smallest absolute Gasteiger partial charge is 0.123 e. The van der Waals surface area contributed by atoms with Gasteiger partial charge in [0.25, 0.3) is 0 Å². The lowest BCUT2D eigenvalue weighted by Gasteiger charge is -2.12. The summed E-state index contributed by atoms with van der Waals surface area (Å²) in [5.41, 5.74) is 8.79. The second-order valence-corrected chi connectivity index (χ2v) is 6.14. The fourth-order valence-electron chi connectivity index (χ4n) is 2.88. The van der Waals surface area contributed by atoms with Gasteiger partial charge in [-0.3, -0.25) is 0 Å². The van der Waals surface area contributed by atoms with Gasteiger partial charge in [0.05, 0.1) is 0 Å². The summed E-state index contributed by atoms with van der Waals surface area (Å²) in [6.45, 7) is 5.03. The predicted octanol–water partition coefficient (Wildman–Crippen LogP) is 3.72. The van der Waals surface area contributed by atoms with Crippen molar-refractivity contribution in [1.82, 2.24) is 0 Å². The van der Waals surface area contributed by atoms with E-state index in [1.165, 1.54) is 11.1 Å². The molecule has 1 saturated carbocycles. The van der Waals surface area contributed by atoms with Crippen molar-refractivity contribution in [3.8, 4) is 5.75 Å². The van der Waals surface area contributed by atoms with Gasteiger partial charge in [0.15, 0.2) is 0 Å². The quantitative estimate of drug-likeness (QED) is 0.916. The van der Waals surface area contributed by atoms with Crippen LogP contribution in [0.3, 0.4) is 0 Å². The molecule has 2 heteroatoms. The van der Waals surface area contributed by atoms with Crippen LogP contribution in [0.2, 0.25) is 0 Å². The summed E-state index contributed by atoms with van der Waals surface area (Å²) in [5, 5.41) is 0. The molecule has 2 atom stereocenters. The molecule has 0 aliphatic heterocycles. The van der Waals surface area contributed by atoms with E-state index in [1.54, 1.807) is 0 Å². The SMILES string of the molecule is CC1(C)[C@H](N)[C@H]1c1ccccc1OCc1ccccc1. The molecule has 2 aromatic rings. The zero-order valence-corrected chi connectivity index (χ0v) is 12.0. The lowest BCUT2D eigenvalue weighted by atomic mass is 10.0. The van der Waals surface area contributed by atoms with Gasteiger partial charge in [-0.2, -0.15) is 0 Å². The molecule has 1 fully saturated rings. The van der Waals surface area contributed by atoms with E-state index in [2.05, 4.69) is 38.1 Å². The van der Waals surface area contributed by atoms with Crippen molar-refractivity contribution < 1.29 is 4.74 Å². The van der Waals surface area contributed by atoms with Crippen LogP contribution in [0.15, 0.2) is 54.6 Å². The van der Waals surface area contributed by atoms with Gasteiger partial charge in [0.2, 0.25) is 0 Å². The Balaban J connectivity index is 1.78. The van der Waals surface area contributed by atoms with E-state index in [0.717, 1.165) is 5.75 Å². The summed E-state index contributed by atoms with van der Waals surface area (Å²) >= 11 is 0. The lowest BCUT2D eigenvalue weighted by molar-refractivity contribution is 0.302. The maximum atomic E-state index is 6.20. The van der Waals surface area contributed by atoms with E-state index < -0.39 is 0 Å². The molecule has 0 heterocycles. The number of para-hydroxylation sites is 1. The molecule has 1 aliphatic carbocycles. The van der Waals surface area contributed by atoms with Gasteiger partial charge in [-0.15, -0.1) is 0 Å². The lowest BCUT2D eigenvalue weighted by Crippen LogP contribution is -2.06. The van der Waals surface area contributed by atoms with Crippen LogP contribution in [0.5, 0.6) is 5.75 Å². The Bertz CT molecular complexity index is 591. The first-order chi connectivity index (χ1) is 9.60. The zero-order chi connectivity index (χ0) is 14.2. The molecule has 3 rings (SSSR count). The number of hydrogen-bond donors (Lipinski definition) is 1. The maximum Gasteiger partial charge on any atom is 0.123 e. The van der Waals surface area contributed by atoms with Crippen molar-refractivity contribution in [2.75, 3.05) is 0 Å². The second-order valence-electron chi connectivity index (χ2n) is 6.14. The van der Waals surface area contributed by atoms with E-state index in [9.17, 15) is 0 Å². The van der Waals surface area contributed by atoms with Crippen LogP contribution in [0.1, 0.15) is 30.9 Å². The molecule has 104 valence electrons. The largest absolute Gasteiger partial charge is 0.489 e. The summed E-state index contributed by atoms with van der Waals surface area (Å²) in [5.74, 6) is 1.36. The van der Waals surface area contributed by atoms with Crippen molar-refractivity contribution in [3.63, 3.8) is 0 Å². The fourth-order valence-corrected chi connectivity index (χ4v) is 2.88. The highest BCUT2D eigenvalue weighted by Crippen LogP contribution is 2.59. The second kappa shape index (κ2) is 4.95. The van der Waals surface area contributed by atoms with Crippen LogP contribution in [0.4, 0.5) is 0 Å². The summed E-state index contributed by atoms with van der Waals surface area (Å²) < 4.78 is 6.01. The molecule has 0 spiro atoms. The van der Waals surface area contributed by atoms with E-state index in [0.29, 0.717) is 12.5 Å². The third-order valence-electron chi connectivity index (χ3n) is 4.40. The Morgan fingerprint density at radius 2 is 1.60 bits per heavy atom. The highest BCUT2D eigenvalue weighted by Gasteiger charge is 2.57. The van der Waals surface area contributed by atoms with Crippen LogP contribution in [-0.2, 0) is 6.61 Å². The molecule has 2 N–H and O–H groups in total. The van der Waals surface area contributed by atoms with Crippen molar-refractivity contribution >= 4 is 0 Å². The Hall–Kier alpha value is -1.80. The van der Waals surface area contributed by atoms with Gasteiger partial charge < -0.3 is 10.5 Å². The van der Waals surface area contributed by atoms with Crippen molar-refractivity contribution in [3.05, 3.63) is 65.7 Å². The van der Waals surface area contributed by atoms with Gasteiger partial charge in [0, 0.05) is 12.0 Å². The molecule has 0 unspecified atom stereocenters. The summed E-state index contributed by atoms with van der Waals surface area (Å²) in [6.07, 6.45) is 0. The number of hydrogen-bond acceptors (Lipinski definition) is 2. The first kappa shape index (κ1) is 13.2. The molecular formula is C18H21NO.